The summed E-state index contributed by atoms with van der Waals surface area (Å²) in [5, 5.41) is 2.88. The molecule has 21 heavy (non-hydrogen) atoms. The number of alkyl halides is 3. The fourth-order valence-corrected chi connectivity index (χ4v) is 1.87. The Bertz CT molecular complexity index is 423. The summed E-state index contributed by atoms with van der Waals surface area (Å²) in [6.07, 6.45) is 2.16. The van der Waals surface area contributed by atoms with Crippen LogP contribution in [-0.2, 0) is 6.18 Å². The molecule has 0 aliphatic rings. The third kappa shape index (κ3) is 6.61. The molecule has 5 nitrogen and oxygen atoms in total. The SMILES string of the molecule is CCCCCCCCNc1cc(C(F)(F)F)nc(NN)n1. The third-order valence-corrected chi connectivity index (χ3v) is 2.98. The highest BCUT2D eigenvalue weighted by molar-refractivity contribution is 5.42. The van der Waals surface area contributed by atoms with Crippen molar-refractivity contribution in [3.05, 3.63) is 11.8 Å². The second-order valence-corrected chi connectivity index (χ2v) is 4.80. The second-order valence-electron chi connectivity index (χ2n) is 4.80. The molecular formula is C13H22F3N5. The molecule has 0 amide bonds. The van der Waals surface area contributed by atoms with Crippen LogP contribution in [0.25, 0.3) is 0 Å². The number of hydrogen-bond donors (Lipinski definition) is 3. The number of aromatic nitrogens is 2. The summed E-state index contributed by atoms with van der Waals surface area (Å²) < 4.78 is 38.0. The fourth-order valence-electron chi connectivity index (χ4n) is 1.87. The van der Waals surface area contributed by atoms with Crippen molar-refractivity contribution in [2.45, 2.75) is 51.6 Å². The zero-order valence-electron chi connectivity index (χ0n) is 12.1. The Labute approximate surface area is 122 Å². The molecule has 1 aromatic heterocycles. The lowest BCUT2D eigenvalue weighted by atomic mass is 10.1. The van der Waals surface area contributed by atoms with Crippen molar-refractivity contribution in [2.24, 2.45) is 5.84 Å². The minimum Gasteiger partial charge on any atom is -0.370 e. The highest BCUT2D eigenvalue weighted by atomic mass is 19.4. The van der Waals surface area contributed by atoms with Crippen LogP contribution in [0.15, 0.2) is 6.07 Å². The van der Waals surface area contributed by atoms with E-state index in [2.05, 4.69) is 22.2 Å². The van der Waals surface area contributed by atoms with Gasteiger partial charge in [0.2, 0.25) is 5.95 Å². The predicted molar refractivity (Wildman–Crippen MR) is 76.7 cm³/mol. The molecule has 1 rings (SSSR count). The first-order valence-electron chi connectivity index (χ1n) is 7.14. The summed E-state index contributed by atoms with van der Waals surface area (Å²) in [5.74, 6) is 4.95. The van der Waals surface area contributed by atoms with Crippen LogP contribution < -0.4 is 16.6 Å². The van der Waals surface area contributed by atoms with Crippen LogP contribution in [0.4, 0.5) is 24.9 Å². The molecule has 4 N–H and O–H groups in total. The highest BCUT2D eigenvalue weighted by Crippen LogP contribution is 2.29. The Morgan fingerprint density at radius 2 is 1.76 bits per heavy atom. The fraction of sp³-hybridized carbons (Fsp3) is 0.692. The van der Waals surface area contributed by atoms with Gasteiger partial charge in [-0.15, -0.1) is 0 Å². The first-order chi connectivity index (χ1) is 9.97. The number of rotatable bonds is 9. The molecule has 0 aliphatic heterocycles. The maximum atomic E-state index is 12.7. The van der Waals surface area contributed by atoms with E-state index in [1.54, 1.807) is 0 Å². The summed E-state index contributed by atoms with van der Waals surface area (Å²) in [5.41, 5.74) is 1.02. The van der Waals surface area contributed by atoms with Crippen molar-refractivity contribution in [3.8, 4) is 0 Å². The second kappa shape index (κ2) is 8.66. The molecule has 0 bridgehead atoms. The van der Waals surface area contributed by atoms with Gasteiger partial charge in [-0.25, -0.2) is 10.8 Å². The lowest BCUT2D eigenvalue weighted by Gasteiger charge is -2.11. The molecule has 1 heterocycles. The number of nitrogens with two attached hydrogens (primary N) is 1. The number of hydrogen-bond acceptors (Lipinski definition) is 5. The van der Waals surface area contributed by atoms with E-state index in [9.17, 15) is 13.2 Å². The van der Waals surface area contributed by atoms with Gasteiger partial charge in [0.25, 0.3) is 0 Å². The molecule has 0 spiro atoms. The summed E-state index contributed by atoms with van der Waals surface area (Å²) in [4.78, 5) is 7.14. The number of hydrazine groups is 1. The van der Waals surface area contributed by atoms with Crippen LogP contribution in [0.2, 0.25) is 0 Å². The van der Waals surface area contributed by atoms with Crippen molar-refractivity contribution in [2.75, 3.05) is 17.3 Å². The molecule has 0 aromatic carbocycles. The molecule has 0 fully saturated rings. The normalized spacial score (nSPS) is 11.5. The number of nitrogens with zero attached hydrogens (tertiary/aromatic N) is 2. The summed E-state index contributed by atoms with van der Waals surface area (Å²) in [7, 11) is 0. The molecule has 0 radical (unpaired) electrons. The smallest absolute Gasteiger partial charge is 0.370 e. The first-order valence-corrected chi connectivity index (χ1v) is 7.14. The van der Waals surface area contributed by atoms with Gasteiger partial charge in [-0.1, -0.05) is 39.0 Å². The van der Waals surface area contributed by atoms with Gasteiger partial charge < -0.3 is 5.32 Å². The largest absolute Gasteiger partial charge is 0.433 e. The van der Waals surface area contributed by atoms with Gasteiger partial charge in [0.05, 0.1) is 0 Å². The van der Waals surface area contributed by atoms with Gasteiger partial charge in [-0.05, 0) is 6.42 Å². The van der Waals surface area contributed by atoms with E-state index in [4.69, 9.17) is 5.84 Å². The molecule has 8 heteroatoms. The zero-order valence-corrected chi connectivity index (χ0v) is 12.1. The molecule has 120 valence electrons. The maximum Gasteiger partial charge on any atom is 0.433 e. The lowest BCUT2D eigenvalue weighted by Crippen LogP contribution is -2.17. The molecule has 1 aromatic rings. The van der Waals surface area contributed by atoms with E-state index in [-0.39, 0.29) is 11.8 Å². The molecular weight excluding hydrogens is 283 g/mol. The van der Waals surface area contributed by atoms with Gasteiger partial charge in [0, 0.05) is 12.6 Å². The lowest BCUT2D eigenvalue weighted by molar-refractivity contribution is -0.141. The summed E-state index contributed by atoms with van der Waals surface area (Å²) in [6, 6.07) is 0.887. The van der Waals surface area contributed by atoms with Crippen LogP contribution in [0.5, 0.6) is 0 Å². The molecule has 0 atom stereocenters. The van der Waals surface area contributed by atoms with E-state index in [0.717, 1.165) is 25.3 Å². The number of nitrogens with one attached hydrogen (secondary N) is 2. The molecule has 0 aliphatic carbocycles. The van der Waals surface area contributed by atoms with E-state index in [0.29, 0.717) is 6.54 Å². The van der Waals surface area contributed by atoms with Crippen molar-refractivity contribution in [3.63, 3.8) is 0 Å². The topological polar surface area (TPSA) is 75.9 Å². The van der Waals surface area contributed by atoms with Crippen molar-refractivity contribution in [1.82, 2.24) is 9.97 Å². The van der Waals surface area contributed by atoms with E-state index in [1.807, 2.05) is 5.43 Å². The minimum absolute atomic E-state index is 0.124. The Hall–Kier alpha value is -1.57. The Balaban J connectivity index is 2.47. The van der Waals surface area contributed by atoms with Crippen molar-refractivity contribution < 1.29 is 13.2 Å². The van der Waals surface area contributed by atoms with Crippen molar-refractivity contribution in [1.29, 1.82) is 0 Å². The van der Waals surface area contributed by atoms with Gasteiger partial charge in [0.1, 0.15) is 5.82 Å². The minimum atomic E-state index is -4.52. The van der Waals surface area contributed by atoms with Crippen LogP contribution in [0.1, 0.15) is 51.1 Å². The number of halogens is 3. The van der Waals surface area contributed by atoms with Crippen LogP contribution in [0.3, 0.4) is 0 Å². The molecule has 0 unspecified atom stereocenters. The van der Waals surface area contributed by atoms with E-state index < -0.39 is 11.9 Å². The van der Waals surface area contributed by atoms with Gasteiger partial charge >= 0.3 is 6.18 Å². The third-order valence-electron chi connectivity index (χ3n) is 2.98. The van der Waals surface area contributed by atoms with Crippen LogP contribution in [-0.4, -0.2) is 16.5 Å². The molecule has 0 saturated heterocycles. The van der Waals surface area contributed by atoms with Gasteiger partial charge in [-0.3, -0.25) is 5.43 Å². The Morgan fingerprint density at radius 3 is 2.38 bits per heavy atom. The Morgan fingerprint density at radius 1 is 1.10 bits per heavy atom. The van der Waals surface area contributed by atoms with Crippen LogP contribution >= 0.6 is 0 Å². The van der Waals surface area contributed by atoms with E-state index >= 15 is 0 Å². The monoisotopic (exact) mass is 305 g/mol. The average molecular weight is 305 g/mol. The quantitative estimate of drug-likeness (QED) is 0.369. The molecule has 0 saturated carbocycles. The van der Waals surface area contributed by atoms with E-state index in [1.165, 1.54) is 19.3 Å². The van der Waals surface area contributed by atoms with Gasteiger partial charge in [-0.2, -0.15) is 18.2 Å². The number of unbranched alkanes of at least 4 members (excludes halogenated alkanes) is 5. The zero-order chi connectivity index (χ0) is 15.7. The predicted octanol–water partition coefficient (Wildman–Crippen LogP) is 3.55. The number of anilines is 2. The summed E-state index contributed by atoms with van der Waals surface area (Å²) in [6.45, 7) is 2.72. The van der Waals surface area contributed by atoms with Crippen molar-refractivity contribution >= 4 is 11.8 Å². The standard InChI is InChI=1S/C13H22F3N5/c1-2-3-4-5-6-7-8-18-11-9-10(13(14,15)16)19-12(20-11)21-17/h9H,2-8,17H2,1H3,(H2,18,19,20,21). The first kappa shape index (κ1) is 17.5. The highest BCUT2D eigenvalue weighted by Gasteiger charge is 2.33. The maximum absolute atomic E-state index is 12.7. The Kier molecular flexibility index (Phi) is 7.21. The van der Waals surface area contributed by atoms with Crippen LogP contribution in [0, 0.1) is 0 Å². The number of nitrogen functional groups attached to an aromatic ring is 1. The van der Waals surface area contributed by atoms with Gasteiger partial charge in [0.15, 0.2) is 5.69 Å². The average Bonchev–Trinajstić information content (AvgIpc) is 2.45. The summed E-state index contributed by atoms with van der Waals surface area (Å²) >= 11 is 0.